The monoisotopic (exact) mass is 227 g/mol. The molecule has 0 unspecified atom stereocenters. The summed E-state index contributed by atoms with van der Waals surface area (Å²) in [5, 5.41) is 3.39. The van der Waals surface area contributed by atoms with Gasteiger partial charge in [0.2, 0.25) is 0 Å². The molecule has 66 valence electrons. The lowest BCUT2D eigenvalue weighted by molar-refractivity contribution is 0.634. The zero-order chi connectivity index (χ0) is 9.19. The van der Waals surface area contributed by atoms with Crippen molar-refractivity contribution in [2.75, 3.05) is 5.32 Å². The minimum atomic E-state index is 0.126. The summed E-state index contributed by atoms with van der Waals surface area (Å²) >= 11 is 3.43. The molecule has 0 fully saturated rings. The third-order valence-electron chi connectivity index (χ3n) is 1.34. The van der Waals surface area contributed by atoms with Crippen LogP contribution in [-0.2, 0) is 0 Å². The first-order chi connectivity index (χ1) is 5.47. The van der Waals surface area contributed by atoms with Crippen molar-refractivity contribution in [2.24, 2.45) is 0 Å². The third-order valence-corrected chi connectivity index (χ3v) is 1.84. The largest absolute Gasteiger partial charge is 0.380 e. The summed E-state index contributed by atoms with van der Waals surface area (Å²) in [6.07, 6.45) is 0. The molecule has 0 atom stereocenters. The normalized spacial score (nSPS) is 11.3. The van der Waals surface area contributed by atoms with Gasteiger partial charge in [0.15, 0.2) is 0 Å². The van der Waals surface area contributed by atoms with E-state index >= 15 is 0 Å². The van der Waals surface area contributed by atoms with Crippen LogP contribution in [0.5, 0.6) is 0 Å². The number of halogens is 1. The fourth-order valence-electron chi connectivity index (χ4n) is 0.999. The Kier molecular flexibility index (Phi) is 2.78. The molecule has 0 saturated heterocycles. The molecule has 1 nitrogen and oxygen atoms in total. The number of nitrogens with one attached hydrogen (secondary N) is 1. The standard InChI is InChI=1S/C10H14BrN/c1-10(2,3)12-9-6-4-5-8(11)7-9/h4-7,12H,1-3H3. The van der Waals surface area contributed by atoms with Crippen LogP contribution < -0.4 is 5.32 Å². The summed E-state index contributed by atoms with van der Waals surface area (Å²) in [5.74, 6) is 0. The van der Waals surface area contributed by atoms with Gasteiger partial charge in [-0.3, -0.25) is 0 Å². The van der Waals surface area contributed by atoms with Gasteiger partial charge < -0.3 is 5.32 Å². The second kappa shape index (κ2) is 3.48. The van der Waals surface area contributed by atoms with Gasteiger partial charge in [-0.25, -0.2) is 0 Å². The predicted octanol–water partition coefficient (Wildman–Crippen LogP) is 3.66. The van der Waals surface area contributed by atoms with E-state index in [-0.39, 0.29) is 5.54 Å². The zero-order valence-corrected chi connectivity index (χ0v) is 9.27. The van der Waals surface area contributed by atoms with E-state index in [0.717, 1.165) is 10.2 Å². The van der Waals surface area contributed by atoms with Gasteiger partial charge in [-0.15, -0.1) is 0 Å². The summed E-state index contributed by atoms with van der Waals surface area (Å²) in [6, 6.07) is 8.19. The van der Waals surface area contributed by atoms with Crippen LogP contribution >= 0.6 is 15.9 Å². The molecule has 12 heavy (non-hydrogen) atoms. The summed E-state index contributed by atoms with van der Waals surface area (Å²) < 4.78 is 1.11. The fraction of sp³-hybridized carbons (Fsp3) is 0.400. The van der Waals surface area contributed by atoms with Gasteiger partial charge in [-0.1, -0.05) is 22.0 Å². The molecule has 0 saturated carbocycles. The number of hydrogen-bond donors (Lipinski definition) is 1. The van der Waals surface area contributed by atoms with E-state index in [9.17, 15) is 0 Å². The maximum absolute atomic E-state index is 3.43. The van der Waals surface area contributed by atoms with E-state index in [1.807, 2.05) is 12.1 Å². The molecule has 0 spiro atoms. The van der Waals surface area contributed by atoms with Gasteiger partial charge in [-0.2, -0.15) is 0 Å². The van der Waals surface area contributed by atoms with Crippen molar-refractivity contribution in [1.82, 2.24) is 0 Å². The SMILES string of the molecule is CC(C)(C)Nc1cccc(Br)c1. The van der Waals surface area contributed by atoms with Gasteiger partial charge >= 0.3 is 0 Å². The minimum Gasteiger partial charge on any atom is -0.380 e. The van der Waals surface area contributed by atoms with E-state index in [2.05, 4.69) is 54.2 Å². The first-order valence-electron chi connectivity index (χ1n) is 4.01. The van der Waals surface area contributed by atoms with Crippen LogP contribution in [0.4, 0.5) is 5.69 Å². The average Bonchev–Trinajstić information content (AvgIpc) is 1.82. The van der Waals surface area contributed by atoms with Crippen molar-refractivity contribution < 1.29 is 0 Å². The lowest BCUT2D eigenvalue weighted by atomic mass is 10.1. The first kappa shape index (κ1) is 9.59. The molecule has 2 heteroatoms. The molecule has 0 aliphatic carbocycles. The molecule has 1 rings (SSSR count). The van der Waals surface area contributed by atoms with Crippen molar-refractivity contribution >= 4 is 21.6 Å². The Hall–Kier alpha value is -0.500. The Balaban J connectivity index is 2.77. The number of hydrogen-bond acceptors (Lipinski definition) is 1. The number of anilines is 1. The van der Waals surface area contributed by atoms with Gasteiger partial charge in [0, 0.05) is 15.7 Å². The van der Waals surface area contributed by atoms with Crippen molar-refractivity contribution in [3.63, 3.8) is 0 Å². The van der Waals surface area contributed by atoms with Gasteiger partial charge in [-0.05, 0) is 39.0 Å². The van der Waals surface area contributed by atoms with E-state index in [1.165, 1.54) is 0 Å². The lowest BCUT2D eigenvalue weighted by Gasteiger charge is -2.22. The molecule has 0 aliphatic heterocycles. The molecule has 1 aromatic rings. The molecule has 0 radical (unpaired) electrons. The third kappa shape index (κ3) is 3.26. The second-order valence-electron chi connectivity index (χ2n) is 3.89. The highest BCUT2D eigenvalue weighted by Crippen LogP contribution is 2.18. The topological polar surface area (TPSA) is 12.0 Å². The van der Waals surface area contributed by atoms with Crippen molar-refractivity contribution in [3.8, 4) is 0 Å². The molecule has 1 N–H and O–H groups in total. The second-order valence-corrected chi connectivity index (χ2v) is 4.80. The Labute approximate surface area is 82.3 Å². The van der Waals surface area contributed by atoms with E-state index in [1.54, 1.807) is 0 Å². The van der Waals surface area contributed by atoms with Crippen LogP contribution in [0.25, 0.3) is 0 Å². The molecule has 0 aliphatic rings. The molecule has 0 amide bonds. The Morgan fingerprint density at radius 3 is 2.42 bits per heavy atom. The maximum atomic E-state index is 3.43. The zero-order valence-electron chi connectivity index (χ0n) is 7.69. The summed E-state index contributed by atoms with van der Waals surface area (Å²) in [4.78, 5) is 0. The van der Waals surface area contributed by atoms with E-state index < -0.39 is 0 Å². The molecular formula is C10H14BrN. The van der Waals surface area contributed by atoms with Crippen LogP contribution in [0.3, 0.4) is 0 Å². The summed E-state index contributed by atoms with van der Waals surface area (Å²) in [5.41, 5.74) is 1.28. The predicted molar refractivity (Wildman–Crippen MR) is 57.5 cm³/mol. The highest BCUT2D eigenvalue weighted by atomic mass is 79.9. The van der Waals surface area contributed by atoms with Gasteiger partial charge in [0.1, 0.15) is 0 Å². The first-order valence-corrected chi connectivity index (χ1v) is 4.80. The molecule has 0 bridgehead atoms. The van der Waals surface area contributed by atoms with Crippen molar-refractivity contribution in [2.45, 2.75) is 26.3 Å². The highest BCUT2D eigenvalue weighted by Gasteiger charge is 2.08. The number of rotatable bonds is 1. The average molecular weight is 228 g/mol. The number of benzene rings is 1. The summed E-state index contributed by atoms with van der Waals surface area (Å²) in [6.45, 7) is 6.44. The van der Waals surface area contributed by atoms with Crippen LogP contribution in [0, 0.1) is 0 Å². The smallest absolute Gasteiger partial charge is 0.0355 e. The van der Waals surface area contributed by atoms with Crippen LogP contribution in [-0.4, -0.2) is 5.54 Å². The van der Waals surface area contributed by atoms with Gasteiger partial charge in [0.25, 0.3) is 0 Å². The maximum Gasteiger partial charge on any atom is 0.0355 e. The van der Waals surface area contributed by atoms with Crippen LogP contribution in [0.2, 0.25) is 0 Å². The van der Waals surface area contributed by atoms with Gasteiger partial charge in [0.05, 0.1) is 0 Å². The van der Waals surface area contributed by atoms with Crippen LogP contribution in [0.15, 0.2) is 28.7 Å². The summed E-state index contributed by atoms with van der Waals surface area (Å²) in [7, 11) is 0. The lowest BCUT2D eigenvalue weighted by Crippen LogP contribution is -2.25. The fourth-order valence-corrected chi connectivity index (χ4v) is 1.40. The Bertz CT molecular complexity index is 263. The van der Waals surface area contributed by atoms with E-state index in [0.29, 0.717) is 0 Å². The molecular weight excluding hydrogens is 214 g/mol. The Morgan fingerprint density at radius 2 is 1.92 bits per heavy atom. The minimum absolute atomic E-state index is 0.126. The van der Waals surface area contributed by atoms with Crippen molar-refractivity contribution in [3.05, 3.63) is 28.7 Å². The molecule has 0 heterocycles. The Morgan fingerprint density at radius 1 is 1.25 bits per heavy atom. The van der Waals surface area contributed by atoms with Crippen LogP contribution in [0.1, 0.15) is 20.8 Å². The quantitative estimate of drug-likeness (QED) is 0.773. The molecule has 0 aromatic heterocycles. The van der Waals surface area contributed by atoms with Crippen molar-refractivity contribution in [1.29, 1.82) is 0 Å². The van der Waals surface area contributed by atoms with E-state index in [4.69, 9.17) is 0 Å². The highest BCUT2D eigenvalue weighted by molar-refractivity contribution is 9.10. The molecule has 1 aromatic carbocycles.